The Morgan fingerprint density at radius 3 is 2.86 bits per heavy atom. The first-order valence-electron chi connectivity index (χ1n) is 7.13. The number of fused-ring (bicyclic) bond motifs is 3. The minimum absolute atomic E-state index is 0.541. The third-order valence-corrected chi connectivity index (χ3v) is 5.55. The van der Waals surface area contributed by atoms with Gasteiger partial charge in [0.2, 0.25) is 0 Å². The number of rotatable bonds is 1. The van der Waals surface area contributed by atoms with Crippen LogP contribution in [0.1, 0.15) is 29.1 Å². The van der Waals surface area contributed by atoms with E-state index in [0.29, 0.717) is 5.15 Å². The molecule has 108 valence electrons. The second-order valence-corrected chi connectivity index (χ2v) is 7.01. The summed E-state index contributed by atoms with van der Waals surface area (Å²) >= 11 is 8.08. The molecule has 0 atom stereocenters. The van der Waals surface area contributed by atoms with Crippen LogP contribution in [0.2, 0.25) is 5.15 Å². The van der Waals surface area contributed by atoms with Gasteiger partial charge in [0.1, 0.15) is 22.4 Å². The molecule has 0 N–H and O–H groups in total. The van der Waals surface area contributed by atoms with Crippen LogP contribution in [0, 0.1) is 13.8 Å². The largest absolute Gasteiger partial charge is 0.340 e. The molecular weight excluding hydrogens is 304 g/mol. The van der Waals surface area contributed by atoms with Gasteiger partial charge in [-0.3, -0.25) is 0 Å². The van der Waals surface area contributed by atoms with E-state index in [4.69, 9.17) is 16.6 Å². The molecule has 0 amide bonds. The zero-order valence-corrected chi connectivity index (χ0v) is 13.6. The Hall–Kier alpha value is -1.46. The summed E-state index contributed by atoms with van der Waals surface area (Å²) in [6.07, 6.45) is 4.99. The van der Waals surface area contributed by atoms with Crippen LogP contribution in [0.5, 0.6) is 0 Å². The van der Waals surface area contributed by atoms with Crippen LogP contribution in [0.3, 0.4) is 0 Å². The van der Waals surface area contributed by atoms with Crippen molar-refractivity contribution in [3.8, 4) is 10.6 Å². The van der Waals surface area contributed by atoms with E-state index < -0.39 is 0 Å². The first kappa shape index (κ1) is 13.2. The second-order valence-electron chi connectivity index (χ2n) is 5.45. The Morgan fingerprint density at radius 2 is 2.10 bits per heavy atom. The molecule has 21 heavy (non-hydrogen) atoms. The minimum atomic E-state index is 0.541. The van der Waals surface area contributed by atoms with Crippen molar-refractivity contribution in [1.82, 2.24) is 19.5 Å². The van der Waals surface area contributed by atoms with E-state index in [0.717, 1.165) is 40.3 Å². The van der Waals surface area contributed by atoms with Crippen molar-refractivity contribution < 1.29 is 0 Å². The van der Waals surface area contributed by atoms with Crippen LogP contribution in [0.15, 0.2) is 6.33 Å². The summed E-state index contributed by atoms with van der Waals surface area (Å²) < 4.78 is 2.29. The molecule has 1 aliphatic rings. The lowest BCUT2D eigenvalue weighted by atomic mass is 10.1. The monoisotopic (exact) mass is 318 g/mol. The summed E-state index contributed by atoms with van der Waals surface area (Å²) in [6.45, 7) is 5.16. The lowest BCUT2D eigenvalue weighted by Gasteiger charge is -2.16. The van der Waals surface area contributed by atoms with Crippen molar-refractivity contribution >= 4 is 34.0 Å². The molecule has 0 fully saturated rings. The van der Waals surface area contributed by atoms with E-state index in [2.05, 4.69) is 28.4 Å². The molecule has 0 aliphatic carbocycles. The third-order valence-electron chi connectivity index (χ3n) is 4.19. The zero-order valence-electron chi connectivity index (χ0n) is 12.0. The molecule has 4 nitrogen and oxygen atoms in total. The fourth-order valence-corrected chi connectivity index (χ4v) is 4.28. The van der Waals surface area contributed by atoms with E-state index in [9.17, 15) is 0 Å². The first-order chi connectivity index (χ1) is 10.2. The zero-order chi connectivity index (χ0) is 14.6. The summed E-state index contributed by atoms with van der Waals surface area (Å²) in [5.74, 6) is 0. The molecule has 4 heterocycles. The van der Waals surface area contributed by atoms with Gasteiger partial charge in [0.25, 0.3) is 0 Å². The second kappa shape index (κ2) is 4.78. The van der Waals surface area contributed by atoms with Gasteiger partial charge in [-0.2, -0.15) is 0 Å². The van der Waals surface area contributed by atoms with Gasteiger partial charge in [-0.05, 0) is 33.1 Å². The SMILES string of the molecule is Cc1nc(-c2c3n(c4c(Cl)ncnc24)CCCC3)sc1C. The topological polar surface area (TPSA) is 43.6 Å². The first-order valence-corrected chi connectivity index (χ1v) is 8.32. The van der Waals surface area contributed by atoms with Crippen molar-refractivity contribution in [2.45, 2.75) is 39.7 Å². The Kier molecular flexibility index (Phi) is 3.01. The van der Waals surface area contributed by atoms with Gasteiger partial charge >= 0.3 is 0 Å². The van der Waals surface area contributed by atoms with Gasteiger partial charge in [-0.15, -0.1) is 11.3 Å². The van der Waals surface area contributed by atoms with Crippen molar-refractivity contribution in [3.05, 3.63) is 27.7 Å². The number of hydrogen-bond acceptors (Lipinski definition) is 4. The summed E-state index contributed by atoms with van der Waals surface area (Å²) in [5.41, 5.74) is 5.48. The molecule has 0 unspecified atom stereocenters. The molecule has 0 saturated carbocycles. The molecule has 1 aliphatic heterocycles. The summed E-state index contributed by atoms with van der Waals surface area (Å²) in [7, 11) is 0. The Labute approximate surface area is 131 Å². The third kappa shape index (κ3) is 1.91. The average molecular weight is 319 g/mol. The maximum absolute atomic E-state index is 6.34. The van der Waals surface area contributed by atoms with Crippen molar-refractivity contribution in [2.75, 3.05) is 0 Å². The van der Waals surface area contributed by atoms with Crippen LogP contribution >= 0.6 is 22.9 Å². The van der Waals surface area contributed by atoms with E-state index in [1.54, 1.807) is 17.7 Å². The molecule has 6 heteroatoms. The minimum Gasteiger partial charge on any atom is -0.340 e. The van der Waals surface area contributed by atoms with Crippen molar-refractivity contribution in [1.29, 1.82) is 0 Å². The highest BCUT2D eigenvalue weighted by Gasteiger charge is 2.25. The smallest absolute Gasteiger partial charge is 0.156 e. The van der Waals surface area contributed by atoms with E-state index >= 15 is 0 Å². The van der Waals surface area contributed by atoms with Gasteiger partial charge in [0.15, 0.2) is 5.15 Å². The maximum atomic E-state index is 6.34. The predicted molar refractivity (Wildman–Crippen MR) is 86.1 cm³/mol. The Bertz CT molecular complexity index is 830. The summed E-state index contributed by atoms with van der Waals surface area (Å²) in [5, 5.41) is 1.60. The van der Waals surface area contributed by atoms with E-state index in [1.807, 2.05) is 0 Å². The van der Waals surface area contributed by atoms with Gasteiger partial charge in [0, 0.05) is 17.1 Å². The quantitative estimate of drug-likeness (QED) is 0.633. The number of halogens is 1. The maximum Gasteiger partial charge on any atom is 0.156 e. The van der Waals surface area contributed by atoms with E-state index in [-0.39, 0.29) is 0 Å². The summed E-state index contributed by atoms with van der Waals surface area (Å²) in [6, 6.07) is 0. The molecule has 3 aromatic rings. The highest BCUT2D eigenvalue weighted by molar-refractivity contribution is 7.15. The number of aromatic nitrogens is 4. The van der Waals surface area contributed by atoms with Gasteiger partial charge < -0.3 is 4.57 Å². The molecule has 0 aromatic carbocycles. The van der Waals surface area contributed by atoms with Crippen molar-refractivity contribution in [3.63, 3.8) is 0 Å². The van der Waals surface area contributed by atoms with Crippen LogP contribution < -0.4 is 0 Å². The lowest BCUT2D eigenvalue weighted by molar-refractivity contribution is 0.545. The Balaban J connectivity index is 2.10. The number of thiazole rings is 1. The number of nitrogens with zero attached hydrogens (tertiary/aromatic N) is 4. The van der Waals surface area contributed by atoms with Crippen LogP contribution in [0.4, 0.5) is 0 Å². The molecule has 0 radical (unpaired) electrons. The van der Waals surface area contributed by atoms with Gasteiger partial charge in [0.05, 0.1) is 11.3 Å². The normalized spacial score (nSPS) is 14.6. The Morgan fingerprint density at radius 1 is 1.24 bits per heavy atom. The van der Waals surface area contributed by atoms with E-state index in [1.165, 1.54) is 23.4 Å². The molecular formula is C15H15ClN4S. The molecule has 4 rings (SSSR count). The fourth-order valence-electron chi connectivity index (χ4n) is 3.06. The molecule has 0 spiro atoms. The molecule has 0 saturated heterocycles. The van der Waals surface area contributed by atoms with Gasteiger partial charge in [-0.1, -0.05) is 11.6 Å². The van der Waals surface area contributed by atoms with Crippen LogP contribution in [-0.2, 0) is 13.0 Å². The number of aryl methyl sites for hydroxylation is 3. The van der Waals surface area contributed by atoms with Gasteiger partial charge in [-0.25, -0.2) is 15.0 Å². The number of hydrogen-bond donors (Lipinski definition) is 0. The molecule has 0 bridgehead atoms. The predicted octanol–water partition coefficient (Wildman–Crippen LogP) is 4.16. The van der Waals surface area contributed by atoms with Crippen molar-refractivity contribution in [2.24, 2.45) is 0 Å². The molecule has 3 aromatic heterocycles. The summed E-state index contributed by atoms with van der Waals surface area (Å²) in [4.78, 5) is 14.7. The standard InChI is InChI=1S/C15H15ClN4S/c1-8-9(2)21-15(19-8)11-10-5-3-4-6-20(10)13-12(11)17-7-18-14(13)16/h7H,3-6H2,1-2H3. The highest BCUT2D eigenvalue weighted by Crippen LogP contribution is 2.40. The van der Waals surface area contributed by atoms with Crippen LogP contribution in [0.25, 0.3) is 21.6 Å². The highest BCUT2D eigenvalue weighted by atomic mass is 35.5. The average Bonchev–Trinajstić information content (AvgIpc) is 2.97. The fraction of sp³-hybridized carbons (Fsp3) is 0.400. The van der Waals surface area contributed by atoms with Crippen LogP contribution in [-0.4, -0.2) is 19.5 Å². The lowest BCUT2D eigenvalue weighted by Crippen LogP contribution is -2.10.